The molecule has 0 radical (unpaired) electrons. The molecule has 0 saturated carbocycles. The van der Waals surface area contributed by atoms with Crippen LogP contribution in [0.15, 0.2) is 0 Å². The molecule has 0 aromatic heterocycles. The molecule has 22 heavy (non-hydrogen) atoms. The summed E-state index contributed by atoms with van der Waals surface area (Å²) < 4.78 is 0. The Kier molecular flexibility index (Phi) is 366. The molecule has 7 N–H and O–H groups in total. The van der Waals surface area contributed by atoms with Gasteiger partial charge in [-0.1, -0.05) is 0 Å². The van der Waals surface area contributed by atoms with Gasteiger partial charge in [0.1, 0.15) is 0 Å². The minimum absolute atomic E-state index is 0. The fourth-order valence-corrected chi connectivity index (χ4v) is 0. The molecule has 0 aromatic carbocycles. The monoisotopic (exact) mass is 376 g/mol. The molecule has 0 atom stereocenters. The maximum Gasteiger partial charge on any atom is 2.00 e. The summed E-state index contributed by atoms with van der Waals surface area (Å²) >= 11 is 0. The average molecular weight is 377 g/mol. The van der Waals surface area contributed by atoms with Crippen molar-refractivity contribution >= 4 is 117 Å². The van der Waals surface area contributed by atoms with E-state index in [1.807, 2.05) is 0 Å². The standard InChI is InChI=1S/3CH2O3.CO2.4Mg.3H2O/c2-1-4-3;2*2-1(3)4;2-1-3;;;;;;;/h1,3H;2*(H2,2,3,4);;;;;;3*1H2/q;;;;4*+2;;;/p-4. The Bertz CT molecular complexity index is 185. The molecule has 0 spiro atoms. The van der Waals surface area contributed by atoms with Crippen LogP contribution in [0.25, 0.3) is 0 Å². The van der Waals surface area contributed by atoms with Crippen LogP contribution in [0.5, 0.6) is 0 Å². The summed E-state index contributed by atoms with van der Waals surface area (Å²) in [4.78, 5) is 44.2. The van der Waals surface area contributed by atoms with E-state index in [0.717, 1.165) is 0 Å². The van der Waals surface area contributed by atoms with E-state index >= 15 is 0 Å². The zero-order valence-corrected chi connectivity index (χ0v) is 16.6. The summed E-state index contributed by atoms with van der Waals surface area (Å²) in [7, 11) is 0. The van der Waals surface area contributed by atoms with Gasteiger partial charge in [0.25, 0.3) is 6.47 Å². The van der Waals surface area contributed by atoms with Crippen molar-refractivity contribution in [2.75, 3.05) is 0 Å². The second-order valence-electron chi connectivity index (χ2n) is 0.776. The van der Waals surface area contributed by atoms with Gasteiger partial charge in [0.2, 0.25) is 0 Å². The maximum atomic E-state index is 8.64. The average Bonchev–Trinajstić information content (AvgIpc) is 2.03. The molecule has 0 unspecified atom stereocenters. The minimum atomic E-state index is -2.33. The van der Waals surface area contributed by atoms with Crippen LogP contribution in [0.3, 0.4) is 0 Å². The molecule has 0 fully saturated rings. The largest absolute Gasteiger partial charge is 2.00 e. The second kappa shape index (κ2) is 102. The van der Waals surface area contributed by atoms with Crippen molar-refractivity contribution in [3.8, 4) is 0 Å². The number of rotatable bonds is 1. The summed E-state index contributed by atoms with van der Waals surface area (Å²) in [5.41, 5.74) is 0. The molecule has 0 bridgehead atoms. The Morgan fingerprint density at radius 2 is 0.864 bits per heavy atom. The first-order valence-corrected chi connectivity index (χ1v) is 2.27. The van der Waals surface area contributed by atoms with E-state index in [-0.39, 0.29) is 121 Å². The summed E-state index contributed by atoms with van der Waals surface area (Å²) in [5, 5.41) is 41.8. The molecule has 0 aliphatic rings. The van der Waals surface area contributed by atoms with Gasteiger partial charge in [0.15, 0.2) is 0 Å². The van der Waals surface area contributed by atoms with Gasteiger partial charge in [-0.05, 0) is 12.3 Å². The number of carbonyl (C=O) groups is 3. The summed E-state index contributed by atoms with van der Waals surface area (Å²) in [6.07, 6.45) is -4.42. The maximum absolute atomic E-state index is 8.64. The van der Waals surface area contributed by atoms with Gasteiger partial charge >= 0.3 is 98.4 Å². The molecule has 0 aliphatic carbocycles. The fraction of sp³-hybridized carbons (Fsp3) is 0. The smallest absolute Gasteiger partial charge is 0.662 e. The van der Waals surface area contributed by atoms with Gasteiger partial charge in [-0.25, -0.2) is 0 Å². The Hall–Kier alpha value is 0.295. The van der Waals surface area contributed by atoms with Gasteiger partial charge in [0, 0.05) is 0 Å². The third-order valence-electron chi connectivity index (χ3n) is 0.0393. The molecule has 0 aromatic rings. The van der Waals surface area contributed by atoms with E-state index in [1.165, 1.54) is 0 Å². The molecular formula is C4H8Mg4O14+4. The molecule has 0 aliphatic heterocycles. The molecule has 112 valence electrons. The second-order valence-corrected chi connectivity index (χ2v) is 0.776. The quantitative estimate of drug-likeness (QED) is 0.136. The van der Waals surface area contributed by atoms with E-state index < -0.39 is 12.3 Å². The van der Waals surface area contributed by atoms with E-state index in [0.29, 0.717) is 0 Å². The van der Waals surface area contributed by atoms with Gasteiger partial charge in [-0.2, -0.15) is 9.59 Å². The van der Waals surface area contributed by atoms with Crippen molar-refractivity contribution < 1.29 is 71.0 Å². The summed E-state index contributed by atoms with van der Waals surface area (Å²) in [6.45, 7) is -0.181. The normalized spacial score (nSPS) is 3.50. The predicted molar refractivity (Wildman–Crippen MR) is 58.1 cm³/mol. The van der Waals surface area contributed by atoms with E-state index in [4.69, 9.17) is 49.7 Å². The molecule has 18 heteroatoms. The van der Waals surface area contributed by atoms with Crippen molar-refractivity contribution in [2.45, 2.75) is 0 Å². The third kappa shape index (κ3) is 4510. The fourth-order valence-electron chi connectivity index (χ4n) is 0. The van der Waals surface area contributed by atoms with Gasteiger partial charge < -0.3 is 56.6 Å². The van der Waals surface area contributed by atoms with Crippen LogP contribution < -0.4 is 25.7 Å². The number of hydrogen-bond donors (Lipinski definition) is 0. The summed E-state index contributed by atoms with van der Waals surface area (Å²) in [6, 6.07) is 0. The van der Waals surface area contributed by atoms with Crippen molar-refractivity contribution in [1.82, 2.24) is 0 Å². The van der Waals surface area contributed by atoms with Crippen molar-refractivity contribution in [2.24, 2.45) is 0 Å². The Balaban J connectivity index is -0.00000000740. The topological polar surface area (TPSA) is 306 Å². The van der Waals surface area contributed by atoms with Crippen LogP contribution in [0, 0.1) is 0 Å². The van der Waals surface area contributed by atoms with Crippen LogP contribution >= 0.6 is 0 Å². The van der Waals surface area contributed by atoms with Crippen LogP contribution in [-0.2, 0) is 24.7 Å². The number of carbonyl (C=O) groups excluding carboxylic acids is 5. The molecule has 0 heterocycles. The van der Waals surface area contributed by atoms with Crippen molar-refractivity contribution in [1.29, 1.82) is 0 Å². The Morgan fingerprint density at radius 3 is 0.864 bits per heavy atom. The van der Waals surface area contributed by atoms with Crippen LogP contribution in [0.4, 0.5) is 9.59 Å². The van der Waals surface area contributed by atoms with E-state index in [9.17, 15) is 0 Å². The van der Waals surface area contributed by atoms with E-state index in [1.54, 1.807) is 0 Å². The molecule has 0 amide bonds. The van der Waals surface area contributed by atoms with Crippen molar-refractivity contribution in [3.05, 3.63) is 0 Å². The molecule has 0 rings (SSSR count). The third-order valence-corrected chi connectivity index (χ3v) is 0.0393. The van der Waals surface area contributed by atoms with Gasteiger partial charge in [-0.3, -0.25) is 4.79 Å². The van der Waals surface area contributed by atoms with Gasteiger partial charge in [-0.15, -0.1) is 0 Å². The van der Waals surface area contributed by atoms with Crippen LogP contribution in [-0.4, -0.2) is 128 Å². The van der Waals surface area contributed by atoms with E-state index in [2.05, 4.69) is 4.89 Å². The van der Waals surface area contributed by atoms with Crippen molar-refractivity contribution in [3.63, 3.8) is 0 Å². The molecular weight excluding hydrogens is 369 g/mol. The summed E-state index contributed by atoms with van der Waals surface area (Å²) in [5.74, 6) is 0. The Labute approximate surface area is 186 Å². The first kappa shape index (κ1) is 79.2. The van der Waals surface area contributed by atoms with Crippen LogP contribution in [0.1, 0.15) is 0 Å². The molecule has 0 saturated heterocycles. The minimum Gasteiger partial charge on any atom is -0.662 e. The van der Waals surface area contributed by atoms with Gasteiger partial charge in [0.05, 0.1) is 0 Å². The zero-order chi connectivity index (χ0) is 13.3. The predicted octanol–water partition coefficient (Wildman–Crippen LogP) is -11.1. The van der Waals surface area contributed by atoms with Crippen LogP contribution in [0.2, 0.25) is 0 Å². The number of carboxylic acid groups (broad SMARTS) is 4. The first-order chi connectivity index (χ1) is 6.79. The zero-order valence-electron chi connectivity index (χ0n) is 11.0. The SMILES string of the molecule is O.O.O=C([O-])[O-].O=C([O-])[O-].O=C=O.O=CO[O-].[Mg+2].[Mg+2].[Mg+2].[Mg+2].[OH3+]. The number of hydrogen-bond acceptors (Lipinski definition) is 11. The Morgan fingerprint density at radius 1 is 0.818 bits per heavy atom. The molecule has 14 nitrogen and oxygen atoms in total. The first-order valence-electron chi connectivity index (χ1n) is 2.27.